The molecule has 1 aromatic heterocycles. The fraction of sp³-hybridized carbons (Fsp3) is 0.375. The lowest BCUT2D eigenvalue weighted by atomic mass is 10.0. The molecule has 0 aliphatic rings. The van der Waals surface area contributed by atoms with Gasteiger partial charge in [0.1, 0.15) is 11.5 Å². The summed E-state index contributed by atoms with van der Waals surface area (Å²) in [4.78, 5) is 0. The van der Waals surface area contributed by atoms with Crippen molar-refractivity contribution in [3.05, 3.63) is 53.5 Å². The van der Waals surface area contributed by atoms with Crippen LogP contribution in [-0.2, 0) is 0 Å². The van der Waals surface area contributed by atoms with Gasteiger partial charge in [-0.15, -0.1) is 0 Å². The molecule has 102 valence electrons. The first-order valence-electron chi connectivity index (χ1n) is 6.67. The summed E-state index contributed by atoms with van der Waals surface area (Å²) in [6.07, 6.45) is 2.78. The molecule has 0 amide bonds. The van der Waals surface area contributed by atoms with Gasteiger partial charge >= 0.3 is 0 Å². The van der Waals surface area contributed by atoms with Gasteiger partial charge in [-0.1, -0.05) is 19.1 Å². The molecule has 0 aliphatic heterocycles. The van der Waals surface area contributed by atoms with Crippen molar-refractivity contribution in [2.45, 2.75) is 26.3 Å². The molecule has 2 rings (SSSR count). The van der Waals surface area contributed by atoms with Crippen LogP contribution in [0.4, 0.5) is 0 Å². The quantitative estimate of drug-likeness (QED) is 0.859. The fourth-order valence-corrected chi connectivity index (χ4v) is 2.16. The topological polar surface area (TPSA) is 34.4 Å². The highest BCUT2D eigenvalue weighted by Gasteiger charge is 2.19. The number of hydrogen-bond acceptors (Lipinski definition) is 3. The van der Waals surface area contributed by atoms with Gasteiger partial charge < -0.3 is 14.5 Å². The molecule has 0 fully saturated rings. The van der Waals surface area contributed by atoms with Gasteiger partial charge in [0, 0.05) is 5.56 Å². The first-order valence-corrected chi connectivity index (χ1v) is 6.67. The smallest absolute Gasteiger partial charge is 0.125 e. The number of methoxy groups -OCH3 is 1. The van der Waals surface area contributed by atoms with E-state index in [-0.39, 0.29) is 6.04 Å². The molecule has 0 spiro atoms. The minimum Gasteiger partial charge on any atom is -0.496 e. The molecule has 2 aromatic rings. The van der Waals surface area contributed by atoms with Crippen molar-refractivity contribution >= 4 is 0 Å². The third kappa shape index (κ3) is 3.18. The highest BCUT2D eigenvalue weighted by Crippen LogP contribution is 2.31. The Hall–Kier alpha value is -1.74. The number of nitrogens with one attached hydrogen (secondary N) is 1. The van der Waals surface area contributed by atoms with Gasteiger partial charge in [0.15, 0.2) is 0 Å². The van der Waals surface area contributed by atoms with Gasteiger partial charge in [0.25, 0.3) is 0 Å². The van der Waals surface area contributed by atoms with Crippen LogP contribution in [0.25, 0.3) is 0 Å². The molecule has 1 atom stereocenters. The molecule has 3 nitrogen and oxygen atoms in total. The molecule has 0 saturated carbocycles. The molecule has 1 aromatic carbocycles. The average molecular weight is 259 g/mol. The number of furan rings is 1. The molecular weight excluding hydrogens is 238 g/mol. The second-order valence-corrected chi connectivity index (χ2v) is 4.65. The van der Waals surface area contributed by atoms with E-state index in [1.54, 1.807) is 13.4 Å². The van der Waals surface area contributed by atoms with E-state index in [9.17, 15) is 0 Å². The zero-order valence-corrected chi connectivity index (χ0v) is 11.8. The number of benzene rings is 1. The number of aryl methyl sites for hydroxylation is 1. The number of ether oxygens (including phenoxy) is 1. The van der Waals surface area contributed by atoms with Gasteiger partial charge in [-0.3, -0.25) is 0 Å². The van der Waals surface area contributed by atoms with E-state index in [0.29, 0.717) is 0 Å². The molecule has 0 bridgehead atoms. The Morgan fingerprint density at radius 3 is 2.79 bits per heavy atom. The minimum atomic E-state index is 0.0329. The van der Waals surface area contributed by atoms with Crippen LogP contribution >= 0.6 is 0 Å². The third-order valence-corrected chi connectivity index (χ3v) is 3.13. The summed E-state index contributed by atoms with van der Waals surface area (Å²) in [6.45, 7) is 5.15. The summed E-state index contributed by atoms with van der Waals surface area (Å²) in [5.74, 6) is 1.81. The van der Waals surface area contributed by atoms with E-state index >= 15 is 0 Å². The van der Waals surface area contributed by atoms with E-state index in [4.69, 9.17) is 9.15 Å². The maximum absolute atomic E-state index is 5.56. The van der Waals surface area contributed by atoms with E-state index < -0.39 is 0 Å². The Balaban J connectivity index is 2.37. The summed E-state index contributed by atoms with van der Waals surface area (Å²) in [6, 6.07) is 10.2. The number of rotatable bonds is 6. The molecule has 0 aliphatic carbocycles. The Labute approximate surface area is 114 Å². The lowest BCUT2D eigenvalue weighted by Gasteiger charge is -2.19. The predicted octanol–water partition coefficient (Wildman–Crippen LogP) is 3.69. The molecular formula is C16H21NO2. The van der Waals surface area contributed by atoms with Crippen LogP contribution < -0.4 is 10.1 Å². The Bertz CT molecular complexity index is 505. The second-order valence-electron chi connectivity index (χ2n) is 4.65. The monoisotopic (exact) mass is 259 g/mol. The van der Waals surface area contributed by atoms with Crippen molar-refractivity contribution in [1.82, 2.24) is 5.32 Å². The maximum atomic E-state index is 5.56. The van der Waals surface area contributed by atoms with Crippen LogP contribution in [0.3, 0.4) is 0 Å². The molecule has 1 unspecified atom stereocenters. The van der Waals surface area contributed by atoms with E-state index in [1.165, 1.54) is 5.56 Å². The normalized spacial score (nSPS) is 12.4. The third-order valence-electron chi connectivity index (χ3n) is 3.13. The Morgan fingerprint density at radius 1 is 1.32 bits per heavy atom. The Kier molecular flexibility index (Phi) is 4.63. The highest BCUT2D eigenvalue weighted by molar-refractivity contribution is 5.42. The molecule has 1 N–H and O–H groups in total. The zero-order chi connectivity index (χ0) is 13.7. The SMILES string of the molecule is CCCNC(c1ccco1)c1ccc(C)cc1OC. The summed E-state index contributed by atoms with van der Waals surface area (Å²) in [5, 5.41) is 3.51. The highest BCUT2D eigenvalue weighted by atomic mass is 16.5. The lowest BCUT2D eigenvalue weighted by Crippen LogP contribution is -2.23. The van der Waals surface area contributed by atoms with Gasteiger partial charge in [0.2, 0.25) is 0 Å². The van der Waals surface area contributed by atoms with Gasteiger partial charge in [-0.2, -0.15) is 0 Å². The predicted molar refractivity (Wildman–Crippen MR) is 76.6 cm³/mol. The molecule has 1 heterocycles. The van der Waals surface area contributed by atoms with Crippen LogP contribution in [0.1, 0.15) is 36.3 Å². The van der Waals surface area contributed by atoms with Crippen LogP contribution in [0, 0.1) is 6.92 Å². The molecule has 0 saturated heterocycles. The maximum Gasteiger partial charge on any atom is 0.125 e. The second kappa shape index (κ2) is 6.43. The largest absolute Gasteiger partial charge is 0.496 e. The molecule has 0 radical (unpaired) electrons. The summed E-state index contributed by atoms with van der Waals surface area (Å²) in [5.41, 5.74) is 2.30. The van der Waals surface area contributed by atoms with E-state index in [1.807, 2.05) is 12.1 Å². The lowest BCUT2D eigenvalue weighted by molar-refractivity contribution is 0.392. The van der Waals surface area contributed by atoms with Crippen molar-refractivity contribution in [1.29, 1.82) is 0 Å². The van der Waals surface area contributed by atoms with Crippen LogP contribution in [0.2, 0.25) is 0 Å². The van der Waals surface area contributed by atoms with Gasteiger partial charge in [-0.05, 0) is 43.7 Å². The fourth-order valence-electron chi connectivity index (χ4n) is 2.16. The minimum absolute atomic E-state index is 0.0329. The van der Waals surface area contributed by atoms with Crippen molar-refractivity contribution in [2.24, 2.45) is 0 Å². The molecule has 3 heteroatoms. The Morgan fingerprint density at radius 2 is 2.16 bits per heavy atom. The van der Waals surface area contributed by atoms with Crippen molar-refractivity contribution in [3.8, 4) is 5.75 Å². The van der Waals surface area contributed by atoms with Crippen molar-refractivity contribution < 1.29 is 9.15 Å². The van der Waals surface area contributed by atoms with Crippen molar-refractivity contribution in [3.63, 3.8) is 0 Å². The summed E-state index contributed by atoms with van der Waals surface area (Å²) < 4.78 is 11.1. The first-order chi connectivity index (χ1) is 9.26. The van der Waals surface area contributed by atoms with E-state index in [0.717, 1.165) is 30.0 Å². The van der Waals surface area contributed by atoms with Crippen LogP contribution in [-0.4, -0.2) is 13.7 Å². The van der Waals surface area contributed by atoms with Crippen LogP contribution in [0.5, 0.6) is 5.75 Å². The molecule has 19 heavy (non-hydrogen) atoms. The summed E-state index contributed by atoms with van der Waals surface area (Å²) >= 11 is 0. The zero-order valence-electron chi connectivity index (χ0n) is 11.8. The number of hydrogen-bond donors (Lipinski definition) is 1. The van der Waals surface area contributed by atoms with Gasteiger partial charge in [-0.25, -0.2) is 0 Å². The standard InChI is InChI=1S/C16H21NO2/c1-4-9-17-16(14-6-5-10-19-14)13-8-7-12(2)11-15(13)18-3/h5-8,10-11,16-17H,4,9H2,1-3H3. The van der Waals surface area contributed by atoms with Gasteiger partial charge in [0.05, 0.1) is 19.4 Å². The first kappa shape index (κ1) is 13.7. The van der Waals surface area contributed by atoms with E-state index in [2.05, 4.69) is 37.4 Å². The summed E-state index contributed by atoms with van der Waals surface area (Å²) in [7, 11) is 1.71. The average Bonchev–Trinajstić information content (AvgIpc) is 2.94. The van der Waals surface area contributed by atoms with Crippen LogP contribution in [0.15, 0.2) is 41.0 Å². The van der Waals surface area contributed by atoms with Crippen molar-refractivity contribution in [2.75, 3.05) is 13.7 Å².